The number of carbonyl (C=O) groups excluding carboxylic acids is 10. The second-order valence-electron chi connectivity index (χ2n) is 25.4. The van der Waals surface area contributed by atoms with E-state index in [4.69, 9.17) is 14.2 Å². The Morgan fingerprint density at radius 2 is 1.34 bits per heavy atom. The number of aliphatic hydroxyl groups is 1. The zero-order chi connectivity index (χ0) is 67.4. The maximum Gasteiger partial charge on any atom is 0.410 e. The van der Waals surface area contributed by atoms with Crippen molar-refractivity contribution < 1.29 is 67.3 Å². The second kappa shape index (κ2) is 36.4. The van der Waals surface area contributed by atoms with E-state index in [1.807, 2.05) is 73.6 Å². The highest BCUT2D eigenvalue weighted by atomic mass is 79.9. The molecular formula is C67H99Br2N7O14. The molecule has 0 bridgehead atoms. The molecule has 21 nitrogen and oxygen atoms in total. The number of rotatable bonds is 36. The van der Waals surface area contributed by atoms with E-state index in [9.17, 15) is 53.1 Å². The lowest BCUT2D eigenvalue weighted by molar-refractivity contribution is -0.149. The summed E-state index contributed by atoms with van der Waals surface area (Å²) < 4.78 is 18.1. The van der Waals surface area contributed by atoms with Crippen LogP contribution in [0.2, 0.25) is 0 Å². The van der Waals surface area contributed by atoms with Crippen LogP contribution in [0, 0.1) is 41.4 Å². The summed E-state index contributed by atoms with van der Waals surface area (Å²) in [5.41, 5.74) is 1.71. The Hall–Kier alpha value is -5.88. The van der Waals surface area contributed by atoms with Crippen LogP contribution in [0.1, 0.15) is 158 Å². The van der Waals surface area contributed by atoms with E-state index in [1.165, 1.54) is 26.2 Å². The van der Waals surface area contributed by atoms with Crippen molar-refractivity contribution >= 4 is 96.6 Å². The van der Waals surface area contributed by atoms with Crippen LogP contribution in [-0.2, 0) is 64.0 Å². The van der Waals surface area contributed by atoms with E-state index >= 15 is 0 Å². The van der Waals surface area contributed by atoms with Crippen LogP contribution in [0.3, 0.4) is 0 Å². The maximum atomic E-state index is 14.8. The van der Waals surface area contributed by atoms with Gasteiger partial charge in [-0.2, -0.15) is 0 Å². The van der Waals surface area contributed by atoms with E-state index in [0.717, 1.165) is 4.90 Å². The number of likely N-dealkylation sites (N-methyl/N-ethyl adjacent to an activating group) is 2. The molecule has 8 amide bonds. The van der Waals surface area contributed by atoms with Gasteiger partial charge in [0.05, 0.1) is 60.9 Å². The number of amides is 8. The van der Waals surface area contributed by atoms with Gasteiger partial charge in [-0.3, -0.25) is 48.1 Å². The number of hydrogen-bond donors (Lipinski definition) is 4. The first kappa shape index (κ1) is 76.6. The number of aliphatic hydroxyl groups excluding tert-OH is 1. The lowest BCUT2D eigenvalue weighted by atomic mass is 9.83. The summed E-state index contributed by atoms with van der Waals surface area (Å²) >= 11 is 6.22. The van der Waals surface area contributed by atoms with Crippen molar-refractivity contribution in [2.75, 3.05) is 46.7 Å². The van der Waals surface area contributed by atoms with E-state index in [0.29, 0.717) is 61.9 Å². The van der Waals surface area contributed by atoms with Crippen molar-refractivity contribution in [2.45, 2.75) is 195 Å². The van der Waals surface area contributed by atoms with Gasteiger partial charge >= 0.3 is 6.09 Å². The molecule has 0 aliphatic carbocycles. The minimum atomic E-state index is -0.943. The molecule has 0 aromatic heterocycles. The Morgan fingerprint density at radius 3 is 1.90 bits per heavy atom. The maximum absolute atomic E-state index is 14.8. The SMILES string of the molecule is CC[C@H](C)[C@@H]([C@@H](CC(=O)N1CCC[C@H]1[C@H](OC)[C@@H](C)C(=O)N[C@H](C)[C@@H](O)c1ccccc1)OC)N(C)C(=O)[C@@H](CC(=O)[C@H](C(C)C)N(C)C(=O)OCc1ccc(NC(=O)[C@H](C)CC(=O)[C@@H](NC(=O)CCCCCN2C(=O)C(Br)=C(Br)C2=O)C(C)C)cc1)C(C)C. The summed E-state index contributed by atoms with van der Waals surface area (Å²) in [6, 6.07) is 12.4. The van der Waals surface area contributed by atoms with Gasteiger partial charge in [-0.25, -0.2) is 4.79 Å². The third-order valence-electron chi connectivity index (χ3n) is 17.7. The van der Waals surface area contributed by atoms with Gasteiger partial charge in [-0.1, -0.05) is 125 Å². The number of likely N-dealkylation sites (tertiary alicyclic amines) is 1. The van der Waals surface area contributed by atoms with Crippen LogP contribution >= 0.6 is 31.9 Å². The quantitative estimate of drug-likeness (QED) is 0.0366. The Morgan fingerprint density at radius 1 is 0.722 bits per heavy atom. The largest absolute Gasteiger partial charge is 0.445 e. The minimum absolute atomic E-state index is 0.0586. The molecule has 23 heteroatoms. The normalized spacial score (nSPS) is 18.1. The number of benzene rings is 2. The van der Waals surface area contributed by atoms with Crippen molar-refractivity contribution in [3.8, 4) is 0 Å². The number of nitrogens with one attached hydrogen (secondary N) is 3. The predicted molar refractivity (Wildman–Crippen MR) is 350 cm³/mol. The zero-order valence-corrected chi connectivity index (χ0v) is 58.5. The van der Waals surface area contributed by atoms with Crippen LogP contribution in [0.15, 0.2) is 63.6 Å². The predicted octanol–water partition coefficient (Wildman–Crippen LogP) is 9.27. The van der Waals surface area contributed by atoms with Crippen LogP contribution in [0.5, 0.6) is 0 Å². The van der Waals surface area contributed by atoms with Crippen molar-refractivity contribution in [1.29, 1.82) is 0 Å². The lowest BCUT2D eigenvalue weighted by Gasteiger charge is -2.41. The first-order chi connectivity index (χ1) is 42.4. The summed E-state index contributed by atoms with van der Waals surface area (Å²) in [6.45, 7) is 20.6. The number of methoxy groups -OCH3 is 2. The highest BCUT2D eigenvalue weighted by Crippen LogP contribution is 2.33. The molecule has 2 aromatic carbocycles. The fraction of sp³-hybridized carbons (Fsp3) is 0.642. The number of Topliss-reactive ketones (excluding diaryl/α,β-unsaturated/α-hetero) is 2. The monoisotopic (exact) mass is 1380 g/mol. The van der Waals surface area contributed by atoms with Crippen LogP contribution in [0.25, 0.3) is 0 Å². The molecule has 1 fully saturated rings. The fourth-order valence-electron chi connectivity index (χ4n) is 12.1. The number of hydrogen-bond acceptors (Lipinski definition) is 14. The molecule has 0 unspecified atom stereocenters. The lowest BCUT2D eigenvalue weighted by Crippen LogP contribution is -2.55. The van der Waals surface area contributed by atoms with Gasteiger partial charge in [-0.15, -0.1) is 0 Å². The Bertz CT molecular complexity index is 2790. The number of ether oxygens (including phenoxy) is 3. The molecule has 4 N–H and O–H groups in total. The molecule has 2 aromatic rings. The van der Waals surface area contributed by atoms with Gasteiger partial charge in [0.2, 0.25) is 29.5 Å². The number of anilines is 1. The van der Waals surface area contributed by atoms with Crippen molar-refractivity contribution in [3.63, 3.8) is 0 Å². The molecule has 500 valence electrons. The van der Waals surface area contributed by atoms with Crippen molar-refractivity contribution in [3.05, 3.63) is 74.7 Å². The van der Waals surface area contributed by atoms with Gasteiger partial charge in [-0.05, 0) is 111 Å². The molecular weight excluding hydrogens is 1290 g/mol. The van der Waals surface area contributed by atoms with Gasteiger partial charge in [0.25, 0.3) is 11.8 Å². The molecule has 1 saturated heterocycles. The summed E-state index contributed by atoms with van der Waals surface area (Å²) in [5.74, 6) is -6.19. The van der Waals surface area contributed by atoms with Crippen molar-refractivity contribution in [2.24, 2.45) is 41.4 Å². The fourth-order valence-corrected chi connectivity index (χ4v) is 12.8. The third kappa shape index (κ3) is 20.8. The Labute approximate surface area is 549 Å². The number of ketones is 2. The average Bonchev–Trinajstić information content (AvgIpc) is 1.62. The summed E-state index contributed by atoms with van der Waals surface area (Å²) in [7, 11) is 6.22. The number of carbonyl (C=O) groups is 10. The van der Waals surface area contributed by atoms with Crippen LogP contribution < -0.4 is 16.0 Å². The summed E-state index contributed by atoms with van der Waals surface area (Å²) in [4.78, 5) is 141. The van der Waals surface area contributed by atoms with E-state index in [2.05, 4.69) is 47.8 Å². The molecule has 4 rings (SSSR count). The number of imide groups is 1. The van der Waals surface area contributed by atoms with E-state index in [-0.39, 0.29) is 107 Å². The van der Waals surface area contributed by atoms with Crippen LogP contribution in [0.4, 0.5) is 10.5 Å². The average molecular weight is 1390 g/mol. The highest BCUT2D eigenvalue weighted by molar-refractivity contribution is 9.14. The molecule has 2 heterocycles. The number of halogens is 2. The van der Waals surface area contributed by atoms with Crippen LogP contribution in [-0.4, -0.2) is 168 Å². The minimum Gasteiger partial charge on any atom is -0.445 e. The molecule has 90 heavy (non-hydrogen) atoms. The third-order valence-corrected chi connectivity index (χ3v) is 19.7. The Balaban J connectivity index is 1.31. The van der Waals surface area contributed by atoms with Gasteiger partial charge < -0.3 is 50.0 Å². The van der Waals surface area contributed by atoms with E-state index in [1.54, 1.807) is 74.0 Å². The first-order valence-electron chi connectivity index (χ1n) is 31.6. The molecule has 2 aliphatic rings. The second-order valence-corrected chi connectivity index (χ2v) is 27.0. The first-order valence-corrected chi connectivity index (χ1v) is 33.2. The molecule has 0 spiro atoms. The standard InChI is InChI=1S/C67H99Br2N7O14/c1-16-41(8)59(52(88-14)36-54(80)75-33-23-26-49(75)61(89-15)43(10)63(83)70-44(11)60(81)46-24-19-17-20-25-46)73(12)64(84)48(38(2)3)35-51(78)58(40(6)7)74(13)67(87)90-37-45-28-30-47(31-29-45)71-62(82)42(9)34-50(77)57(39(4)5)72-53(79)27-21-18-22-32-76-65(85)55(68)56(69)66(76)86/h17,19-20,24-25,28-31,38-44,48-49,52,57-61,81H,16,18,21-23,26-27,32-37H2,1-15H3,(H,70,83)(H,71,82)(H,72,79)/t41-,42+,43+,44+,48-,49-,52+,57-,58-,59-,60+,61+/m0/s1. The van der Waals surface area contributed by atoms with Gasteiger partial charge in [0.1, 0.15) is 15.6 Å². The molecule has 0 radical (unpaired) electrons. The zero-order valence-electron chi connectivity index (χ0n) is 55.3. The van der Waals surface area contributed by atoms with Gasteiger partial charge in [0.15, 0.2) is 11.6 Å². The summed E-state index contributed by atoms with van der Waals surface area (Å²) in [5, 5.41) is 19.5. The molecule has 12 atom stereocenters. The Kier molecular flexibility index (Phi) is 31.0. The number of nitrogens with zero attached hydrogens (tertiary/aromatic N) is 4. The number of unbranched alkanes of at least 4 members (excludes halogenated alkanes) is 2. The van der Waals surface area contributed by atoms with E-state index < -0.39 is 90.1 Å². The van der Waals surface area contributed by atoms with Crippen molar-refractivity contribution in [1.82, 2.24) is 30.2 Å². The topological polar surface area (TPSA) is 268 Å². The highest BCUT2D eigenvalue weighted by Gasteiger charge is 2.44. The molecule has 2 aliphatic heterocycles. The molecule has 0 saturated carbocycles. The summed E-state index contributed by atoms with van der Waals surface area (Å²) in [6.07, 6.45) is 0.262. The van der Waals surface area contributed by atoms with Gasteiger partial charge in [0, 0.05) is 78.2 Å². The smallest absolute Gasteiger partial charge is 0.410 e.